The van der Waals surface area contributed by atoms with Gasteiger partial charge in [-0.15, -0.1) is 11.3 Å². The van der Waals surface area contributed by atoms with Gasteiger partial charge in [0.25, 0.3) is 0 Å². The first-order chi connectivity index (χ1) is 11.0. The maximum absolute atomic E-state index is 5.63. The van der Waals surface area contributed by atoms with E-state index in [1.54, 1.807) is 18.4 Å². The monoisotopic (exact) mass is 338 g/mol. The predicted molar refractivity (Wildman–Crippen MR) is 97.2 cm³/mol. The first-order valence-electron chi connectivity index (χ1n) is 8.46. The van der Waals surface area contributed by atoms with Gasteiger partial charge in [-0.2, -0.15) is 0 Å². The van der Waals surface area contributed by atoms with Crippen molar-refractivity contribution >= 4 is 17.3 Å². The van der Waals surface area contributed by atoms with Crippen molar-refractivity contribution in [2.45, 2.75) is 52.0 Å². The van der Waals surface area contributed by atoms with E-state index in [1.807, 2.05) is 0 Å². The summed E-state index contributed by atoms with van der Waals surface area (Å²) in [5, 5.41) is 9.86. The summed E-state index contributed by atoms with van der Waals surface area (Å²) in [5.74, 6) is 1.66. The number of nitrogens with one attached hydrogen (secondary N) is 2. The molecule has 1 aromatic rings. The molecule has 0 atom stereocenters. The Morgan fingerprint density at radius 2 is 2.17 bits per heavy atom. The van der Waals surface area contributed by atoms with Gasteiger partial charge in [0.2, 0.25) is 0 Å². The van der Waals surface area contributed by atoms with Crippen molar-refractivity contribution < 1.29 is 4.74 Å². The average molecular weight is 339 g/mol. The van der Waals surface area contributed by atoms with Gasteiger partial charge in [-0.05, 0) is 25.2 Å². The summed E-state index contributed by atoms with van der Waals surface area (Å²) in [6.45, 7) is 9.89. The molecular formula is C17H30N4OS. The molecule has 0 unspecified atom stereocenters. The molecule has 1 saturated carbocycles. The fourth-order valence-corrected chi connectivity index (χ4v) is 2.99. The Morgan fingerprint density at radius 1 is 1.39 bits per heavy atom. The fourth-order valence-electron chi connectivity index (χ4n) is 2.03. The molecule has 2 N–H and O–H groups in total. The zero-order valence-electron chi connectivity index (χ0n) is 14.8. The summed E-state index contributed by atoms with van der Waals surface area (Å²) in [6, 6.07) is 0. The van der Waals surface area contributed by atoms with Crippen LogP contribution in [0.1, 0.15) is 50.7 Å². The van der Waals surface area contributed by atoms with E-state index in [0.717, 1.165) is 48.8 Å². The second-order valence-corrected chi connectivity index (χ2v) is 8.04. The van der Waals surface area contributed by atoms with E-state index in [1.165, 1.54) is 12.8 Å². The van der Waals surface area contributed by atoms with Crippen LogP contribution in [-0.2, 0) is 16.7 Å². The molecule has 23 heavy (non-hydrogen) atoms. The molecule has 1 aromatic heterocycles. The lowest BCUT2D eigenvalue weighted by atomic mass is 9.93. The Labute approximate surface area is 144 Å². The van der Waals surface area contributed by atoms with Gasteiger partial charge in [-0.3, -0.25) is 4.99 Å². The summed E-state index contributed by atoms with van der Waals surface area (Å²) in [7, 11) is 1.79. The third kappa shape index (κ3) is 6.87. The van der Waals surface area contributed by atoms with Crippen LogP contribution < -0.4 is 10.6 Å². The minimum Gasteiger partial charge on any atom is -0.381 e. The Kier molecular flexibility index (Phi) is 6.84. The van der Waals surface area contributed by atoms with E-state index >= 15 is 0 Å². The van der Waals surface area contributed by atoms with E-state index in [9.17, 15) is 0 Å². The van der Waals surface area contributed by atoms with Gasteiger partial charge >= 0.3 is 0 Å². The SMILES string of the molecule is CN=C(NCCCOCC1CC1)NCc1nc(C(C)(C)C)cs1. The second-order valence-electron chi connectivity index (χ2n) is 7.10. The van der Waals surface area contributed by atoms with Crippen LogP contribution in [-0.4, -0.2) is 37.7 Å². The van der Waals surface area contributed by atoms with Crippen LogP contribution in [0.5, 0.6) is 0 Å². The fraction of sp³-hybridized carbons (Fsp3) is 0.765. The van der Waals surface area contributed by atoms with Crippen LogP contribution >= 0.6 is 11.3 Å². The number of rotatable bonds is 8. The molecule has 0 aromatic carbocycles. The number of ether oxygens (including phenoxy) is 1. The Hall–Kier alpha value is -1.14. The van der Waals surface area contributed by atoms with Crippen LogP contribution in [0.25, 0.3) is 0 Å². The van der Waals surface area contributed by atoms with Gasteiger partial charge in [0, 0.05) is 37.6 Å². The predicted octanol–water partition coefficient (Wildman–Crippen LogP) is 2.92. The van der Waals surface area contributed by atoms with Crippen molar-refractivity contribution in [1.29, 1.82) is 0 Å². The van der Waals surface area contributed by atoms with Gasteiger partial charge in [-0.25, -0.2) is 4.98 Å². The van der Waals surface area contributed by atoms with Crippen molar-refractivity contribution in [2.75, 3.05) is 26.8 Å². The van der Waals surface area contributed by atoms with Crippen LogP contribution in [0.4, 0.5) is 0 Å². The molecule has 1 aliphatic rings. The number of aliphatic imine (C=N–C) groups is 1. The molecule has 1 aliphatic carbocycles. The highest BCUT2D eigenvalue weighted by molar-refractivity contribution is 7.09. The van der Waals surface area contributed by atoms with E-state index in [0.29, 0.717) is 6.54 Å². The molecule has 0 saturated heterocycles. The standard InChI is InChI=1S/C17H30N4OS/c1-17(2,3)14-12-23-15(21-14)10-20-16(18-4)19-8-5-9-22-11-13-6-7-13/h12-13H,5-11H2,1-4H3,(H2,18,19,20). The quantitative estimate of drug-likeness (QED) is 0.435. The van der Waals surface area contributed by atoms with Crippen LogP contribution in [0.3, 0.4) is 0 Å². The van der Waals surface area contributed by atoms with Gasteiger partial charge in [0.1, 0.15) is 5.01 Å². The topological polar surface area (TPSA) is 58.5 Å². The summed E-state index contributed by atoms with van der Waals surface area (Å²) in [6.07, 6.45) is 3.70. The highest BCUT2D eigenvalue weighted by atomic mass is 32.1. The lowest BCUT2D eigenvalue weighted by molar-refractivity contribution is 0.123. The van der Waals surface area contributed by atoms with E-state index in [4.69, 9.17) is 4.74 Å². The number of aromatic nitrogens is 1. The van der Waals surface area contributed by atoms with E-state index in [-0.39, 0.29) is 5.41 Å². The zero-order valence-corrected chi connectivity index (χ0v) is 15.6. The Balaban J connectivity index is 1.61. The van der Waals surface area contributed by atoms with Gasteiger partial charge < -0.3 is 15.4 Å². The molecule has 0 amide bonds. The minimum atomic E-state index is 0.106. The number of nitrogens with zero attached hydrogens (tertiary/aromatic N) is 2. The van der Waals surface area contributed by atoms with Crippen molar-refractivity contribution in [2.24, 2.45) is 10.9 Å². The number of thiazole rings is 1. The minimum absolute atomic E-state index is 0.106. The highest BCUT2D eigenvalue weighted by Gasteiger charge is 2.20. The summed E-state index contributed by atoms with van der Waals surface area (Å²) < 4.78 is 5.63. The lowest BCUT2D eigenvalue weighted by Gasteiger charge is -2.14. The van der Waals surface area contributed by atoms with E-state index < -0.39 is 0 Å². The molecule has 5 nitrogen and oxygen atoms in total. The molecular weight excluding hydrogens is 308 g/mol. The average Bonchev–Trinajstić information content (AvgIpc) is 3.19. The summed E-state index contributed by atoms with van der Waals surface area (Å²) in [5.41, 5.74) is 1.25. The van der Waals surface area contributed by atoms with Crippen molar-refractivity contribution in [1.82, 2.24) is 15.6 Å². The second kappa shape index (κ2) is 8.64. The van der Waals surface area contributed by atoms with Crippen molar-refractivity contribution in [3.8, 4) is 0 Å². The molecule has 1 heterocycles. The molecule has 0 spiro atoms. The number of hydrogen-bond acceptors (Lipinski definition) is 4. The zero-order chi connectivity index (χ0) is 16.7. The van der Waals surface area contributed by atoms with Gasteiger partial charge in [-0.1, -0.05) is 20.8 Å². The Morgan fingerprint density at radius 3 is 2.78 bits per heavy atom. The maximum Gasteiger partial charge on any atom is 0.191 e. The van der Waals surface area contributed by atoms with Crippen LogP contribution in [0, 0.1) is 5.92 Å². The molecule has 1 fully saturated rings. The summed E-state index contributed by atoms with van der Waals surface area (Å²) in [4.78, 5) is 8.93. The third-order valence-electron chi connectivity index (χ3n) is 3.76. The molecule has 0 aliphatic heterocycles. The van der Waals surface area contributed by atoms with Crippen LogP contribution in [0.2, 0.25) is 0 Å². The molecule has 2 rings (SSSR count). The maximum atomic E-state index is 5.63. The lowest BCUT2D eigenvalue weighted by Crippen LogP contribution is -2.37. The molecule has 6 heteroatoms. The van der Waals surface area contributed by atoms with E-state index in [2.05, 4.69) is 46.8 Å². The van der Waals surface area contributed by atoms with Crippen molar-refractivity contribution in [3.05, 3.63) is 16.1 Å². The number of guanidine groups is 1. The first-order valence-corrected chi connectivity index (χ1v) is 9.34. The largest absolute Gasteiger partial charge is 0.381 e. The molecule has 0 radical (unpaired) electrons. The first kappa shape index (κ1) is 18.2. The third-order valence-corrected chi connectivity index (χ3v) is 4.61. The smallest absolute Gasteiger partial charge is 0.191 e. The molecule has 0 bridgehead atoms. The molecule has 130 valence electrons. The normalized spacial score (nSPS) is 15.7. The summed E-state index contributed by atoms with van der Waals surface area (Å²) >= 11 is 1.70. The van der Waals surface area contributed by atoms with Crippen molar-refractivity contribution in [3.63, 3.8) is 0 Å². The highest BCUT2D eigenvalue weighted by Crippen LogP contribution is 2.28. The van der Waals surface area contributed by atoms with Crippen LogP contribution in [0.15, 0.2) is 10.4 Å². The van der Waals surface area contributed by atoms with Gasteiger partial charge in [0.15, 0.2) is 5.96 Å². The Bertz CT molecular complexity index is 503. The number of hydrogen-bond donors (Lipinski definition) is 2. The van der Waals surface area contributed by atoms with Gasteiger partial charge in [0.05, 0.1) is 12.2 Å².